The number of allylic oxidation sites excluding steroid dienone is 1. The van der Waals surface area contributed by atoms with Crippen LogP contribution in [0.2, 0.25) is 0 Å². The Hall–Kier alpha value is -1.09. The maximum Gasteiger partial charge on any atom is 0.330 e. The quantitative estimate of drug-likeness (QED) is 0.434. The van der Waals surface area contributed by atoms with Gasteiger partial charge in [0.25, 0.3) is 0 Å². The summed E-state index contributed by atoms with van der Waals surface area (Å²) in [7, 11) is 1.37. The fourth-order valence-electron chi connectivity index (χ4n) is 1.06. The fraction of sp³-hybridized carbons (Fsp3) is 0.444. The first-order chi connectivity index (χ1) is 5.77. The van der Waals surface area contributed by atoms with Gasteiger partial charge >= 0.3 is 5.97 Å². The van der Waals surface area contributed by atoms with Crippen LogP contribution in [-0.2, 0) is 14.3 Å². The topological polar surface area (TPSA) is 35.5 Å². The van der Waals surface area contributed by atoms with Crippen LogP contribution in [-0.4, -0.2) is 26.3 Å². The molecule has 3 nitrogen and oxygen atoms in total. The Morgan fingerprint density at radius 2 is 2.17 bits per heavy atom. The summed E-state index contributed by atoms with van der Waals surface area (Å²) in [5.41, 5.74) is 1.99. The molecular formula is C9H12O3. The first-order valence-corrected chi connectivity index (χ1v) is 3.79. The molecule has 1 rings (SSSR count). The van der Waals surface area contributed by atoms with Crippen molar-refractivity contribution in [1.82, 2.24) is 0 Å². The SMILES string of the molecule is C/C=C1/COC/C1=C\C(=O)OC. The monoisotopic (exact) mass is 168 g/mol. The Morgan fingerprint density at radius 1 is 1.50 bits per heavy atom. The zero-order valence-corrected chi connectivity index (χ0v) is 7.29. The lowest BCUT2D eigenvalue weighted by molar-refractivity contribution is -0.134. The molecule has 12 heavy (non-hydrogen) atoms. The van der Waals surface area contributed by atoms with Gasteiger partial charge in [0.1, 0.15) is 0 Å². The number of hydrogen-bond donors (Lipinski definition) is 0. The summed E-state index contributed by atoms with van der Waals surface area (Å²) >= 11 is 0. The summed E-state index contributed by atoms with van der Waals surface area (Å²) in [5.74, 6) is -0.324. The number of hydrogen-bond acceptors (Lipinski definition) is 3. The van der Waals surface area contributed by atoms with E-state index in [0.29, 0.717) is 13.2 Å². The molecule has 0 spiro atoms. The van der Waals surface area contributed by atoms with Crippen LogP contribution in [0.4, 0.5) is 0 Å². The van der Waals surface area contributed by atoms with Gasteiger partial charge in [0.05, 0.1) is 20.3 Å². The van der Waals surface area contributed by atoms with E-state index in [-0.39, 0.29) is 5.97 Å². The summed E-state index contributed by atoms with van der Waals surface area (Å²) in [6.07, 6.45) is 3.42. The van der Waals surface area contributed by atoms with E-state index in [1.807, 2.05) is 13.0 Å². The molecule has 0 atom stereocenters. The van der Waals surface area contributed by atoms with Gasteiger partial charge in [0.2, 0.25) is 0 Å². The standard InChI is InChI=1S/C9H12O3/c1-3-7-5-12-6-8(7)4-9(10)11-2/h3-4H,5-6H2,1-2H3/b7-3-,8-4+. The summed E-state index contributed by atoms with van der Waals surface area (Å²) < 4.78 is 9.67. The number of carbonyl (C=O) groups excluding carboxylic acids is 1. The molecule has 1 aliphatic heterocycles. The lowest BCUT2D eigenvalue weighted by atomic mass is 10.1. The van der Waals surface area contributed by atoms with E-state index < -0.39 is 0 Å². The highest BCUT2D eigenvalue weighted by atomic mass is 16.5. The van der Waals surface area contributed by atoms with E-state index in [4.69, 9.17) is 4.74 Å². The molecule has 0 radical (unpaired) electrons. The van der Waals surface area contributed by atoms with Crippen LogP contribution in [0.1, 0.15) is 6.92 Å². The number of ether oxygens (including phenoxy) is 2. The minimum atomic E-state index is -0.324. The average Bonchev–Trinajstić information content (AvgIpc) is 2.51. The van der Waals surface area contributed by atoms with Gasteiger partial charge in [-0.25, -0.2) is 4.79 Å². The molecule has 1 saturated heterocycles. The molecule has 0 N–H and O–H groups in total. The lowest BCUT2D eigenvalue weighted by Crippen LogP contribution is -1.98. The fourth-order valence-corrected chi connectivity index (χ4v) is 1.06. The Balaban J connectivity index is 2.74. The molecular weight excluding hydrogens is 156 g/mol. The normalized spacial score (nSPS) is 23.5. The van der Waals surface area contributed by atoms with Crippen LogP contribution in [0.15, 0.2) is 23.3 Å². The van der Waals surface area contributed by atoms with Gasteiger partial charge in [-0.05, 0) is 18.1 Å². The molecule has 0 aliphatic carbocycles. The van der Waals surface area contributed by atoms with Crippen LogP contribution < -0.4 is 0 Å². The van der Waals surface area contributed by atoms with Gasteiger partial charge < -0.3 is 9.47 Å². The van der Waals surface area contributed by atoms with Crippen molar-refractivity contribution in [3.8, 4) is 0 Å². The molecule has 0 aromatic heterocycles. The zero-order chi connectivity index (χ0) is 8.97. The second kappa shape index (κ2) is 4.07. The van der Waals surface area contributed by atoms with Gasteiger partial charge in [0, 0.05) is 6.08 Å². The number of rotatable bonds is 1. The smallest absolute Gasteiger partial charge is 0.330 e. The third kappa shape index (κ3) is 1.95. The van der Waals surface area contributed by atoms with Gasteiger partial charge in [-0.15, -0.1) is 0 Å². The van der Waals surface area contributed by atoms with Crippen molar-refractivity contribution < 1.29 is 14.3 Å². The first kappa shape index (κ1) is 9.00. The Labute approximate surface area is 71.7 Å². The molecule has 0 bridgehead atoms. The Bertz CT molecular complexity index is 238. The third-order valence-electron chi connectivity index (χ3n) is 1.77. The summed E-state index contributed by atoms with van der Waals surface area (Å²) in [4.78, 5) is 10.8. The average molecular weight is 168 g/mol. The highest BCUT2D eigenvalue weighted by molar-refractivity contribution is 5.83. The van der Waals surface area contributed by atoms with Crippen molar-refractivity contribution in [2.24, 2.45) is 0 Å². The highest BCUT2D eigenvalue weighted by Gasteiger charge is 2.14. The summed E-state index contributed by atoms with van der Waals surface area (Å²) in [6, 6.07) is 0. The predicted octanol–water partition coefficient (Wildman–Crippen LogP) is 1.06. The number of esters is 1. The molecule has 0 unspecified atom stereocenters. The van der Waals surface area contributed by atoms with Crippen molar-refractivity contribution in [3.63, 3.8) is 0 Å². The van der Waals surface area contributed by atoms with E-state index in [9.17, 15) is 4.79 Å². The second-order valence-electron chi connectivity index (χ2n) is 2.50. The molecule has 0 aromatic carbocycles. The van der Waals surface area contributed by atoms with Gasteiger partial charge in [-0.3, -0.25) is 0 Å². The molecule has 1 aliphatic rings. The van der Waals surface area contributed by atoms with Crippen LogP contribution in [0, 0.1) is 0 Å². The lowest BCUT2D eigenvalue weighted by Gasteiger charge is -1.95. The second-order valence-corrected chi connectivity index (χ2v) is 2.50. The summed E-state index contributed by atoms with van der Waals surface area (Å²) in [6.45, 7) is 3.03. The van der Waals surface area contributed by atoms with Crippen LogP contribution >= 0.6 is 0 Å². The van der Waals surface area contributed by atoms with Crippen molar-refractivity contribution in [3.05, 3.63) is 23.3 Å². The van der Waals surface area contributed by atoms with E-state index in [2.05, 4.69) is 4.74 Å². The molecule has 0 amide bonds. The zero-order valence-electron chi connectivity index (χ0n) is 7.29. The van der Waals surface area contributed by atoms with Crippen LogP contribution in [0.5, 0.6) is 0 Å². The summed E-state index contributed by atoms with van der Waals surface area (Å²) in [5, 5.41) is 0. The van der Waals surface area contributed by atoms with Crippen LogP contribution in [0.3, 0.4) is 0 Å². The van der Waals surface area contributed by atoms with Gasteiger partial charge in [-0.2, -0.15) is 0 Å². The molecule has 66 valence electrons. The molecule has 3 heteroatoms. The molecule has 1 fully saturated rings. The highest BCUT2D eigenvalue weighted by Crippen LogP contribution is 2.18. The van der Waals surface area contributed by atoms with E-state index in [0.717, 1.165) is 11.1 Å². The predicted molar refractivity (Wildman–Crippen MR) is 44.7 cm³/mol. The van der Waals surface area contributed by atoms with Crippen LogP contribution in [0.25, 0.3) is 0 Å². The van der Waals surface area contributed by atoms with Gasteiger partial charge in [-0.1, -0.05) is 6.08 Å². The minimum absolute atomic E-state index is 0.324. The minimum Gasteiger partial charge on any atom is -0.466 e. The Kier molecular flexibility index (Phi) is 3.05. The maximum atomic E-state index is 10.8. The number of carbonyl (C=O) groups is 1. The number of methoxy groups -OCH3 is 1. The van der Waals surface area contributed by atoms with Crippen molar-refractivity contribution in [2.45, 2.75) is 6.92 Å². The van der Waals surface area contributed by atoms with E-state index >= 15 is 0 Å². The molecule has 0 aromatic rings. The van der Waals surface area contributed by atoms with Gasteiger partial charge in [0.15, 0.2) is 0 Å². The van der Waals surface area contributed by atoms with Crippen molar-refractivity contribution in [1.29, 1.82) is 0 Å². The Morgan fingerprint density at radius 3 is 2.75 bits per heavy atom. The maximum absolute atomic E-state index is 10.8. The van der Waals surface area contributed by atoms with Crippen molar-refractivity contribution in [2.75, 3.05) is 20.3 Å². The van der Waals surface area contributed by atoms with E-state index in [1.54, 1.807) is 0 Å². The largest absolute Gasteiger partial charge is 0.466 e. The van der Waals surface area contributed by atoms with E-state index in [1.165, 1.54) is 13.2 Å². The van der Waals surface area contributed by atoms with Crippen molar-refractivity contribution >= 4 is 5.97 Å². The molecule has 0 saturated carbocycles. The first-order valence-electron chi connectivity index (χ1n) is 3.79. The molecule has 1 heterocycles. The third-order valence-corrected chi connectivity index (χ3v) is 1.77.